The number of hydrogen-bond acceptors (Lipinski definition) is 6. The van der Waals surface area contributed by atoms with Crippen LogP contribution in [0.15, 0.2) is 0 Å². The molecular weight excluding hydrogens is 268 g/mol. The SMILES string of the molecule is CCNc1nc(Cl)nc(NCC(=O)NCC(C)C)n1. The first kappa shape index (κ1) is 15.4. The molecule has 0 atom stereocenters. The summed E-state index contributed by atoms with van der Waals surface area (Å²) < 4.78 is 0. The second kappa shape index (κ2) is 7.73. The molecule has 1 aromatic heterocycles. The Labute approximate surface area is 117 Å². The zero-order chi connectivity index (χ0) is 14.3. The Morgan fingerprint density at radius 1 is 1.21 bits per heavy atom. The van der Waals surface area contributed by atoms with E-state index in [9.17, 15) is 4.79 Å². The number of amides is 1. The average molecular weight is 287 g/mol. The molecule has 1 rings (SSSR count). The number of hydrogen-bond donors (Lipinski definition) is 3. The highest BCUT2D eigenvalue weighted by Crippen LogP contribution is 2.08. The molecule has 1 heterocycles. The van der Waals surface area contributed by atoms with Crippen molar-refractivity contribution in [3.63, 3.8) is 0 Å². The molecule has 0 aliphatic rings. The zero-order valence-electron chi connectivity index (χ0n) is 11.3. The molecule has 0 radical (unpaired) electrons. The summed E-state index contributed by atoms with van der Waals surface area (Å²) in [6, 6.07) is 0. The van der Waals surface area contributed by atoms with E-state index in [2.05, 4.69) is 30.9 Å². The van der Waals surface area contributed by atoms with Gasteiger partial charge in [0.25, 0.3) is 0 Å². The van der Waals surface area contributed by atoms with Crippen molar-refractivity contribution in [2.24, 2.45) is 5.92 Å². The minimum Gasteiger partial charge on any atom is -0.354 e. The highest BCUT2D eigenvalue weighted by molar-refractivity contribution is 6.28. The number of aromatic nitrogens is 3. The van der Waals surface area contributed by atoms with E-state index in [-0.39, 0.29) is 23.7 Å². The largest absolute Gasteiger partial charge is 0.354 e. The third-order valence-electron chi connectivity index (χ3n) is 2.06. The first-order chi connectivity index (χ1) is 9.01. The van der Waals surface area contributed by atoms with E-state index in [1.807, 2.05) is 20.8 Å². The minimum atomic E-state index is -0.116. The molecule has 106 valence electrons. The highest BCUT2D eigenvalue weighted by Gasteiger charge is 2.06. The third kappa shape index (κ3) is 6.19. The van der Waals surface area contributed by atoms with E-state index >= 15 is 0 Å². The Hall–Kier alpha value is -1.63. The molecule has 1 amide bonds. The van der Waals surface area contributed by atoms with Crippen molar-refractivity contribution in [2.45, 2.75) is 20.8 Å². The molecule has 0 aliphatic heterocycles. The van der Waals surface area contributed by atoms with E-state index in [0.29, 0.717) is 25.0 Å². The second-order valence-electron chi connectivity index (χ2n) is 4.33. The molecule has 0 bridgehead atoms. The summed E-state index contributed by atoms with van der Waals surface area (Å²) in [6.45, 7) is 7.39. The number of carbonyl (C=O) groups excluding carboxylic acids is 1. The first-order valence-electron chi connectivity index (χ1n) is 6.17. The molecular formula is C11H19ClN6O. The third-order valence-corrected chi connectivity index (χ3v) is 2.23. The summed E-state index contributed by atoms with van der Waals surface area (Å²) >= 11 is 5.76. The predicted octanol–water partition coefficient (Wildman–Crippen LogP) is 1.14. The fourth-order valence-electron chi connectivity index (χ4n) is 1.21. The van der Waals surface area contributed by atoms with Gasteiger partial charge in [-0.3, -0.25) is 4.79 Å². The van der Waals surface area contributed by atoms with Crippen LogP contribution < -0.4 is 16.0 Å². The Morgan fingerprint density at radius 2 is 1.84 bits per heavy atom. The summed E-state index contributed by atoms with van der Waals surface area (Å²) in [5.41, 5.74) is 0. The topological polar surface area (TPSA) is 91.8 Å². The summed E-state index contributed by atoms with van der Waals surface area (Å²) in [6.07, 6.45) is 0. The maximum Gasteiger partial charge on any atom is 0.239 e. The summed E-state index contributed by atoms with van der Waals surface area (Å²) in [7, 11) is 0. The monoisotopic (exact) mass is 286 g/mol. The van der Waals surface area contributed by atoms with Gasteiger partial charge in [0.15, 0.2) is 0 Å². The van der Waals surface area contributed by atoms with Gasteiger partial charge >= 0.3 is 0 Å². The fraction of sp³-hybridized carbons (Fsp3) is 0.636. The molecule has 0 aliphatic carbocycles. The van der Waals surface area contributed by atoms with E-state index in [1.165, 1.54) is 0 Å². The molecule has 0 spiro atoms. The van der Waals surface area contributed by atoms with E-state index in [0.717, 1.165) is 0 Å². The molecule has 7 nitrogen and oxygen atoms in total. The molecule has 0 unspecified atom stereocenters. The van der Waals surface area contributed by atoms with Gasteiger partial charge in [-0.2, -0.15) is 15.0 Å². The van der Waals surface area contributed by atoms with Gasteiger partial charge in [0.2, 0.25) is 23.1 Å². The second-order valence-corrected chi connectivity index (χ2v) is 4.67. The smallest absolute Gasteiger partial charge is 0.239 e. The molecule has 0 aromatic carbocycles. The van der Waals surface area contributed by atoms with Gasteiger partial charge in [-0.1, -0.05) is 13.8 Å². The van der Waals surface area contributed by atoms with Crippen LogP contribution in [0.5, 0.6) is 0 Å². The normalized spacial score (nSPS) is 10.4. The van der Waals surface area contributed by atoms with Crippen molar-refractivity contribution < 1.29 is 4.79 Å². The lowest BCUT2D eigenvalue weighted by Gasteiger charge is -2.09. The van der Waals surface area contributed by atoms with Gasteiger partial charge < -0.3 is 16.0 Å². The molecule has 0 fully saturated rings. The van der Waals surface area contributed by atoms with Gasteiger partial charge in [0.05, 0.1) is 6.54 Å². The van der Waals surface area contributed by atoms with Crippen molar-refractivity contribution in [1.82, 2.24) is 20.3 Å². The maximum atomic E-state index is 11.5. The molecule has 1 aromatic rings. The van der Waals surface area contributed by atoms with Crippen LogP contribution in [0.1, 0.15) is 20.8 Å². The van der Waals surface area contributed by atoms with Crippen LogP contribution in [-0.2, 0) is 4.79 Å². The Kier molecular flexibility index (Phi) is 6.27. The first-order valence-corrected chi connectivity index (χ1v) is 6.55. The Bertz CT molecular complexity index is 426. The number of carbonyl (C=O) groups is 1. The van der Waals surface area contributed by atoms with Gasteiger partial charge in [0, 0.05) is 13.1 Å². The Morgan fingerprint density at radius 3 is 2.42 bits per heavy atom. The van der Waals surface area contributed by atoms with Gasteiger partial charge in [0.1, 0.15) is 0 Å². The van der Waals surface area contributed by atoms with Crippen molar-refractivity contribution in [1.29, 1.82) is 0 Å². The standard InChI is InChI=1S/C11H19ClN6O/c1-4-13-10-16-9(12)17-11(18-10)15-6-8(19)14-5-7(2)3/h7H,4-6H2,1-3H3,(H,14,19)(H2,13,15,16,17,18). The molecule has 19 heavy (non-hydrogen) atoms. The van der Waals surface area contributed by atoms with Crippen molar-refractivity contribution in [2.75, 3.05) is 30.3 Å². The quantitative estimate of drug-likeness (QED) is 0.696. The average Bonchev–Trinajstić information content (AvgIpc) is 2.33. The van der Waals surface area contributed by atoms with Crippen molar-refractivity contribution in [3.8, 4) is 0 Å². The van der Waals surface area contributed by atoms with E-state index in [1.54, 1.807) is 0 Å². The van der Waals surface area contributed by atoms with Crippen molar-refractivity contribution in [3.05, 3.63) is 5.28 Å². The lowest BCUT2D eigenvalue weighted by atomic mass is 10.2. The summed E-state index contributed by atoms with van der Waals surface area (Å²) in [5, 5.41) is 8.60. The highest BCUT2D eigenvalue weighted by atomic mass is 35.5. The zero-order valence-corrected chi connectivity index (χ0v) is 12.1. The number of nitrogens with zero attached hydrogens (tertiary/aromatic N) is 3. The predicted molar refractivity (Wildman–Crippen MR) is 75.3 cm³/mol. The lowest BCUT2D eigenvalue weighted by molar-refractivity contribution is -0.119. The van der Waals surface area contributed by atoms with Crippen LogP contribution >= 0.6 is 11.6 Å². The van der Waals surface area contributed by atoms with Crippen LogP contribution in [0.4, 0.5) is 11.9 Å². The molecule has 8 heteroatoms. The van der Waals surface area contributed by atoms with Crippen LogP contribution in [-0.4, -0.2) is 40.5 Å². The van der Waals surface area contributed by atoms with Crippen LogP contribution in [0.25, 0.3) is 0 Å². The fourth-order valence-corrected chi connectivity index (χ4v) is 1.37. The Balaban J connectivity index is 2.50. The number of nitrogens with one attached hydrogen (secondary N) is 3. The van der Waals surface area contributed by atoms with Crippen LogP contribution in [0.3, 0.4) is 0 Å². The number of halogens is 1. The number of anilines is 2. The lowest BCUT2D eigenvalue weighted by Crippen LogP contribution is -2.32. The molecule has 0 saturated heterocycles. The van der Waals surface area contributed by atoms with Gasteiger partial charge in [-0.05, 0) is 24.4 Å². The van der Waals surface area contributed by atoms with Crippen LogP contribution in [0, 0.1) is 5.92 Å². The maximum absolute atomic E-state index is 11.5. The van der Waals surface area contributed by atoms with Gasteiger partial charge in [-0.15, -0.1) is 0 Å². The van der Waals surface area contributed by atoms with E-state index < -0.39 is 0 Å². The summed E-state index contributed by atoms with van der Waals surface area (Å²) in [4.78, 5) is 23.4. The molecule has 3 N–H and O–H groups in total. The van der Waals surface area contributed by atoms with Gasteiger partial charge in [-0.25, -0.2) is 0 Å². The number of rotatable bonds is 7. The summed E-state index contributed by atoms with van der Waals surface area (Å²) in [5.74, 6) is 0.953. The van der Waals surface area contributed by atoms with Crippen LogP contribution in [0.2, 0.25) is 5.28 Å². The minimum absolute atomic E-state index is 0.0797. The van der Waals surface area contributed by atoms with E-state index in [4.69, 9.17) is 11.6 Å². The van der Waals surface area contributed by atoms with Crippen molar-refractivity contribution >= 4 is 29.4 Å². The molecule has 0 saturated carbocycles.